The van der Waals surface area contributed by atoms with Gasteiger partial charge in [0, 0.05) is 23.9 Å². The first-order chi connectivity index (χ1) is 13.6. The van der Waals surface area contributed by atoms with Crippen LogP contribution in [0.15, 0.2) is 47.4 Å². The molecule has 0 bridgehead atoms. The van der Waals surface area contributed by atoms with Gasteiger partial charge in [-0.1, -0.05) is 18.2 Å². The molecule has 29 heavy (non-hydrogen) atoms. The number of carbonyl (C=O) groups excluding carboxylic acids is 1. The molecular formula is C21H20F3N3O2. The highest BCUT2D eigenvalue weighted by Crippen LogP contribution is 2.29. The Hall–Kier alpha value is -3.16. The number of nitrogens with zero attached hydrogens (tertiary/aromatic N) is 2. The van der Waals surface area contributed by atoms with E-state index in [-0.39, 0.29) is 17.8 Å². The second kappa shape index (κ2) is 8.06. The number of aromatic nitrogens is 3. The van der Waals surface area contributed by atoms with Crippen molar-refractivity contribution in [3.63, 3.8) is 0 Å². The van der Waals surface area contributed by atoms with E-state index in [9.17, 15) is 22.8 Å². The van der Waals surface area contributed by atoms with Gasteiger partial charge in [-0.05, 0) is 56.0 Å². The van der Waals surface area contributed by atoms with E-state index in [4.69, 9.17) is 0 Å². The standard InChI is InChI=1S/C21H20F3N3O2/c1-13(28)11-18-14(2)26-27(20(18)29)19-10-7-16(12-25-19)4-3-15-5-8-17(9-6-15)21(22,23)24/h5-10,12,26H,3-4,11H2,1-2H3. The zero-order valence-corrected chi connectivity index (χ0v) is 16.0. The fraction of sp³-hybridized carbons (Fsp3) is 0.286. The largest absolute Gasteiger partial charge is 0.416 e. The van der Waals surface area contributed by atoms with Crippen LogP contribution in [-0.4, -0.2) is 20.5 Å². The van der Waals surface area contributed by atoms with E-state index in [0.29, 0.717) is 29.9 Å². The second-order valence-corrected chi connectivity index (χ2v) is 6.95. The molecule has 3 aromatic rings. The minimum atomic E-state index is -4.34. The van der Waals surface area contributed by atoms with Crippen LogP contribution in [0.4, 0.5) is 13.2 Å². The van der Waals surface area contributed by atoms with Crippen molar-refractivity contribution < 1.29 is 18.0 Å². The normalized spacial score (nSPS) is 11.6. The Bertz CT molecular complexity index is 1060. The number of hydrogen-bond acceptors (Lipinski definition) is 3. The SMILES string of the molecule is CC(=O)Cc1c(C)[nH]n(-c2ccc(CCc3ccc(C(F)(F)F)cc3)cn2)c1=O. The van der Waals surface area contributed by atoms with Crippen molar-refractivity contribution in [1.29, 1.82) is 0 Å². The Labute approximate surface area is 165 Å². The molecule has 2 aromatic heterocycles. The predicted octanol–water partition coefficient (Wildman–Crippen LogP) is 3.80. The molecule has 1 N–H and O–H groups in total. The molecule has 152 valence electrons. The number of pyridine rings is 1. The molecule has 1 aromatic carbocycles. The molecule has 0 unspecified atom stereocenters. The number of aromatic amines is 1. The highest BCUT2D eigenvalue weighted by Gasteiger charge is 2.29. The van der Waals surface area contributed by atoms with Gasteiger partial charge in [-0.25, -0.2) is 9.67 Å². The maximum absolute atomic E-state index is 12.6. The number of hydrogen-bond donors (Lipinski definition) is 1. The smallest absolute Gasteiger partial charge is 0.300 e. The van der Waals surface area contributed by atoms with Crippen molar-refractivity contribution in [2.45, 2.75) is 39.3 Å². The number of rotatable bonds is 6. The Morgan fingerprint density at radius 1 is 1.07 bits per heavy atom. The van der Waals surface area contributed by atoms with Crippen molar-refractivity contribution in [2.75, 3.05) is 0 Å². The van der Waals surface area contributed by atoms with Crippen molar-refractivity contribution in [3.8, 4) is 5.82 Å². The number of Topliss-reactive ketones (excluding diaryl/α,β-unsaturated/α-hetero) is 1. The first-order valence-corrected chi connectivity index (χ1v) is 9.06. The number of H-pyrrole nitrogens is 1. The van der Waals surface area contributed by atoms with Gasteiger partial charge in [-0.2, -0.15) is 13.2 Å². The summed E-state index contributed by atoms with van der Waals surface area (Å²) in [5, 5.41) is 2.93. The van der Waals surface area contributed by atoms with Gasteiger partial charge in [0.25, 0.3) is 5.56 Å². The van der Waals surface area contributed by atoms with Crippen molar-refractivity contribution in [2.24, 2.45) is 0 Å². The Balaban J connectivity index is 1.70. The molecule has 0 aliphatic carbocycles. The topological polar surface area (TPSA) is 67.8 Å². The summed E-state index contributed by atoms with van der Waals surface area (Å²) in [7, 11) is 0. The van der Waals surface area contributed by atoms with Crippen LogP contribution in [0.1, 0.15) is 34.9 Å². The van der Waals surface area contributed by atoms with E-state index in [0.717, 1.165) is 23.3 Å². The molecule has 0 radical (unpaired) electrons. The van der Waals surface area contributed by atoms with Gasteiger partial charge in [-0.3, -0.25) is 14.7 Å². The molecule has 8 heteroatoms. The molecule has 0 amide bonds. The Kier molecular flexibility index (Phi) is 5.72. The summed E-state index contributed by atoms with van der Waals surface area (Å²) in [5.41, 5.74) is 1.77. The molecule has 0 aliphatic rings. The maximum Gasteiger partial charge on any atom is 0.416 e. The summed E-state index contributed by atoms with van der Waals surface area (Å²) < 4.78 is 39.1. The fourth-order valence-electron chi connectivity index (χ4n) is 3.05. The van der Waals surface area contributed by atoms with E-state index in [1.165, 1.54) is 23.7 Å². The number of ketones is 1. The lowest BCUT2D eigenvalue weighted by atomic mass is 10.0. The number of aryl methyl sites for hydroxylation is 3. The molecule has 0 aliphatic heterocycles. The minimum Gasteiger partial charge on any atom is -0.300 e. The number of carbonyl (C=O) groups is 1. The van der Waals surface area contributed by atoms with Crippen molar-refractivity contribution >= 4 is 5.78 Å². The summed E-state index contributed by atoms with van der Waals surface area (Å²) in [6.45, 7) is 3.16. The summed E-state index contributed by atoms with van der Waals surface area (Å²) in [5.74, 6) is 0.314. The molecule has 3 rings (SSSR count). The maximum atomic E-state index is 12.6. The number of benzene rings is 1. The Morgan fingerprint density at radius 3 is 2.24 bits per heavy atom. The first kappa shape index (κ1) is 20.6. The summed E-state index contributed by atoms with van der Waals surface area (Å²) in [6, 6.07) is 8.62. The van der Waals surface area contributed by atoms with Gasteiger partial charge in [-0.15, -0.1) is 0 Å². The van der Waals surface area contributed by atoms with Crippen LogP contribution in [0.25, 0.3) is 5.82 Å². The van der Waals surface area contributed by atoms with E-state index < -0.39 is 11.7 Å². The molecule has 0 fully saturated rings. The molecule has 0 spiro atoms. The summed E-state index contributed by atoms with van der Waals surface area (Å²) >= 11 is 0. The van der Waals surface area contributed by atoms with E-state index in [1.807, 2.05) is 6.07 Å². The molecular weight excluding hydrogens is 383 g/mol. The van der Waals surface area contributed by atoms with Gasteiger partial charge in [0.2, 0.25) is 0 Å². The lowest BCUT2D eigenvalue weighted by molar-refractivity contribution is -0.137. The van der Waals surface area contributed by atoms with Gasteiger partial charge < -0.3 is 0 Å². The lowest BCUT2D eigenvalue weighted by Crippen LogP contribution is -2.19. The van der Waals surface area contributed by atoms with Gasteiger partial charge >= 0.3 is 6.18 Å². The molecule has 0 saturated carbocycles. The van der Waals surface area contributed by atoms with Crippen LogP contribution in [-0.2, 0) is 30.2 Å². The first-order valence-electron chi connectivity index (χ1n) is 9.06. The average Bonchev–Trinajstić information content (AvgIpc) is 2.94. The van der Waals surface area contributed by atoms with Crippen LogP contribution >= 0.6 is 0 Å². The van der Waals surface area contributed by atoms with E-state index >= 15 is 0 Å². The van der Waals surface area contributed by atoms with E-state index in [2.05, 4.69) is 10.1 Å². The monoisotopic (exact) mass is 403 g/mol. The number of halogens is 3. The van der Waals surface area contributed by atoms with Gasteiger partial charge in [0.1, 0.15) is 5.78 Å². The minimum absolute atomic E-state index is 0.0688. The van der Waals surface area contributed by atoms with Gasteiger partial charge in [0.15, 0.2) is 5.82 Å². The van der Waals surface area contributed by atoms with Crippen molar-refractivity contribution in [3.05, 3.63) is 80.9 Å². The molecule has 2 heterocycles. The summed E-state index contributed by atoms with van der Waals surface area (Å²) in [6.07, 6.45) is -1.46. The average molecular weight is 403 g/mol. The zero-order valence-electron chi connectivity index (χ0n) is 16.0. The zero-order chi connectivity index (χ0) is 21.2. The predicted molar refractivity (Wildman–Crippen MR) is 102 cm³/mol. The third kappa shape index (κ3) is 4.82. The number of alkyl halides is 3. The second-order valence-electron chi connectivity index (χ2n) is 6.95. The molecule has 0 atom stereocenters. The van der Waals surface area contributed by atoms with E-state index in [1.54, 1.807) is 19.2 Å². The third-order valence-corrected chi connectivity index (χ3v) is 4.64. The van der Waals surface area contributed by atoms with Crippen LogP contribution < -0.4 is 5.56 Å². The fourth-order valence-corrected chi connectivity index (χ4v) is 3.05. The van der Waals surface area contributed by atoms with Crippen LogP contribution in [0, 0.1) is 6.92 Å². The number of nitrogens with one attached hydrogen (secondary N) is 1. The highest BCUT2D eigenvalue weighted by atomic mass is 19.4. The lowest BCUT2D eigenvalue weighted by Gasteiger charge is -2.08. The highest BCUT2D eigenvalue weighted by molar-refractivity contribution is 5.78. The quantitative estimate of drug-likeness (QED) is 0.681. The Morgan fingerprint density at radius 2 is 1.69 bits per heavy atom. The summed E-state index contributed by atoms with van der Waals surface area (Å²) in [4.78, 5) is 28.1. The molecule has 0 saturated heterocycles. The van der Waals surface area contributed by atoms with Crippen molar-refractivity contribution in [1.82, 2.24) is 14.8 Å². The van der Waals surface area contributed by atoms with Gasteiger partial charge in [0.05, 0.1) is 5.56 Å². The van der Waals surface area contributed by atoms with Crippen LogP contribution in [0.3, 0.4) is 0 Å². The van der Waals surface area contributed by atoms with Crippen LogP contribution in [0.5, 0.6) is 0 Å². The third-order valence-electron chi connectivity index (χ3n) is 4.64. The molecule has 5 nitrogen and oxygen atoms in total. The van der Waals surface area contributed by atoms with Crippen LogP contribution in [0.2, 0.25) is 0 Å².